The van der Waals surface area contributed by atoms with E-state index < -0.39 is 37.9 Å². The van der Waals surface area contributed by atoms with Crippen LogP contribution in [0.25, 0.3) is 0 Å². The Kier molecular flexibility index (Phi) is 4.93. The van der Waals surface area contributed by atoms with Crippen LogP contribution in [0.3, 0.4) is 0 Å². The van der Waals surface area contributed by atoms with Gasteiger partial charge in [0.15, 0.2) is 5.03 Å². The average Bonchev–Trinajstić information content (AvgIpc) is 2.54. The van der Waals surface area contributed by atoms with Gasteiger partial charge in [-0.05, 0) is 24.6 Å². The van der Waals surface area contributed by atoms with Gasteiger partial charge in [-0.3, -0.25) is 4.79 Å². The number of aromatic nitrogens is 1. The zero-order chi connectivity index (χ0) is 18.0. The monoisotopic (exact) mass is 358 g/mol. The van der Waals surface area contributed by atoms with Crippen LogP contribution in [0.2, 0.25) is 0 Å². The number of rotatable bonds is 4. The van der Waals surface area contributed by atoms with E-state index in [1.54, 1.807) is 37.3 Å². The molecule has 0 radical (unpaired) electrons. The Bertz CT molecular complexity index is 837. The fourth-order valence-electron chi connectivity index (χ4n) is 1.99. The second kappa shape index (κ2) is 6.60. The minimum absolute atomic E-state index is 0.527. The van der Waals surface area contributed by atoms with Gasteiger partial charge in [-0.1, -0.05) is 30.3 Å². The molecule has 1 N–H and O–H groups in total. The SMILES string of the molecule is CC(NC(=O)c1cccnc1S(=O)(=O)C(F)(F)F)c1ccccc1. The molecule has 1 aromatic carbocycles. The summed E-state index contributed by atoms with van der Waals surface area (Å²) >= 11 is 0. The van der Waals surface area contributed by atoms with E-state index in [1.807, 2.05) is 0 Å². The maximum atomic E-state index is 12.7. The van der Waals surface area contributed by atoms with Crippen LogP contribution in [-0.4, -0.2) is 24.8 Å². The molecular formula is C15H13F3N2O3S. The van der Waals surface area contributed by atoms with Crippen molar-refractivity contribution < 1.29 is 26.4 Å². The predicted octanol–water partition coefficient (Wildman–Crippen LogP) is 2.87. The molecule has 1 heterocycles. The van der Waals surface area contributed by atoms with Gasteiger partial charge in [0.2, 0.25) is 0 Å². The number of carbonyl (C=O) groups is 1. The lowest BCUT2D eigenvalue weighted by molar-refractivity contribution is -0.0438. The summed E-state index contributed by atoms with van der Waals surface area (Å²) < 4.78 is 61.3. The lowest BCUT2D eigenvalue weighted by atomic mass is 10.1. The third kappa shape index (κ3) is 3.56. The predicted molar refractivity (Wildman–Crippen MR) is 79.8 cm³/mol. The minimum Gasteiger partial charge on any atom is -0.345 e. The lowest BCUT2D eigenvalue weighted by Crippen LogP contribution is -2.31. The topological polar surface area (TPSA) is 76.1 Å². The highest BCUT2D eigenvalue weighted by Gasteiger charge is 2.49. The molecule has 9 heteroatoms. The molecule has 0 saturated heterocycles. The van der Waals surface area contributed by atoms with Gasteiger partial charge in [-0.15, -0.1) is 0 Å². The van der Waals surface area contributed by atoms with Crippen LogP contribution in [0.1, 0.15) is 28.9 Å². The van der Waals surface area contributed by atoms with E-state index in [0.717, 1.165) is 17.8 Å². The van der Waals surface area contributed by atoms with Crippen molar-refractivity contribution in [3.05, 3.63) is 59.8 Å². The van der Waals surface area contributed by atoms with Crippen LogP contribution in [0.15, 0.2) is 53.7 Å². The van der Waals surface area contributed by atoms with E-state index in [-0.39, 0.29) is 0 Å². The summed E-state index contributed by atoms with van der Waals surface area (Å²) in [6.07, 6.45) is 0.885. The van der Waals surface area contributed by atoms with Crippen LogP contribution >= 0.6 is 0 Å². The normalized spacial score (nSPS) is 13.3. The first kappa shape index (κ1) is 17.9. The number of benzene rings is 1. The quantitative estimate of drug-likeness (QED) is 0.912. The van der Waals surface area contributed by atoms with Gasteiger partial charge in [-0.25, -0.2) is 13.4 Å². The molecule has 2 rings (SSSR count). The first-order valence-electron chi connectivity index (χ1n) is 6.77. The molecule has 0 saturated carbocycles. The maximum absolute atomic E-state index is 12.7. The highest BCUT2D eigenvalue weighted by atomic mass is 32.2. The highest BCUT2D eigenvalue weighted by Crippen LogP contribution is 2.31. The summed E-state index contributed by atoms with van der Waals surface area (Å²) in [4.78, 5) is 15.5. The Balaban J connectivity index is 2.35. The van der Waals surface area contributed by atoms with Crippen LogP contribution in [0.5, 0.6) is 0 Å². The van der Waals surface area contributed by atoms with Crippen molar-refractivity contribution >= 4 is 15.7 Å². The summed E-state index contributed by atoms with van der Waals surface area (Å²) in [5, 5.41) is 1.16. The van der Waals surface area contributed by atoms with E-state index in [9.17, 15) is 26.4 Å². The maximum Gasteiger partial charge on any atom is 0.503 e. The highest BCUT2D eigenvalue weighted by molar-refractivity contribution is 7.92. The first-order valence-corrected chi connectivity index (χ1v) is 8.25. The molecule has 0 spiro atoms. The van der Waals surface area contributed by atoms with E-state index in [4.69, 9.17) is 0 Å². The van der Waals surface area contributed by atoms with Crippen molar-refractivity contribution in [1.82, 2.24) is 10.3 Å². The smallest absolute Gasteiger partial charge is 0.345 e. The van der Waals surface area contributed by atoms with E-state index in [0.29, 0.717) is 0 Å². The number of amides is 1. The number of pyridine rings is 1. The van der Waals surface area contributed by atoms with Crippen molar-refractivity contribution in [2.24, 2.45) is 0 Å². The summed E-state index contributed by atoms with van der Waals surface area (Å²) in [5.41, 5.74) is -5.48. The molecule has 0 aliphatic rings. The molecule has 0 aliphatic heterocycles. The van der Waals surface area contributed by atoms with Crippen LogP contribution in [0, 0.1) is 0 Å². The Morgan fingerprint density at radius 1 is 1.12 bits per heavy atom. The number of hydrogen-bond acceptors (Lipinski definition) is 4. The average molecular weight is 358 g/mol. The van der Waals surface area contributed by atoms with Gasteiger partial charge in [-0.2, -0.15) is 13.2 Å². The first-order chi connectivity index (χ1) is 11.1. The van der Waals surface area contributed by atoms with E-state index >= 15 is 0 Å². The van der Waals surface area contributed by atoms with Crippen LogP contribution in [0.4, 0.5) is 13.2 Å². The van der Waals surface area contributed by atoms with Gasteiger partial charge < -0.3 is 5.32 Å². The molecule has 2 aromatic rings. The lowest BCUT2D eigenvalue weighted by Gasteiger charge is -2.16. The third-order valence-corrected chi connectivity index (χ3v) is 4.67. The minimum atomic E-state index is -5.72. The second-order valence-corrected chi connectivity index (χ2v) is 6.77. The second-order valence-electron chi connectivity index (χ2n) is 4.91. The Labute approximate surface area is 136 Å². The van der Waals surface area contributed by atoms with Gasteiger partial charge in [0.05, 0.1) is 11.6 Å². The number of nitrogens with zero attached hydrogens (tertiary/aromatic N) is 1. The van der Waals surface area contributed by atoms with Crippen molar-refractivity contribution in [3.8, 4) is 0 Å². The van der Waals surface area contributed by atoms with Gasteiger partial charge in [0.25, 0.3) is 15.7 Å². The van der Waals surface area contributed by atoms with Crippen molar-refractivity contribution in [3.63, 3.8) is 0 Å². The number of halogens is 3. The Hall–Kier alpha value is -2.42. The van der Waals surface area contributed by atoms with Crippen molar-refractivity contribution in [1.29, 1.82) is 0 Å². The molecular weight excluding hydrogens is 345 g/mol. The van der Waals surface area contributed by atoms with E-state index in [1.165, 1.54) is 6.07 Å². The Morgan fingerprint density at radius 3 is 2.33 bits per heavy atom. The van der Waals surface area contributed by atoms with Gasteiger partial charge in [0.1, 0.15) is 0 Å². The summed E-state index contributed by atoms with van der Waals surface area (Å²) in [6.45, 7) is 1.63. The molecule has 5 nitrogen and oxygen atoms in total. The zero-order valence-electron chi connectivity index (χ0n) is 12.4. The molecule has 0 bridgehead atoms. The molecule has 1 amide bonds. The van der Waals surface area contributed by atoms with Crippen LogP contribution in [-0.2, 0) is 9.84 Å². The fourth-order valence-corrected chi connectivity index (χ4v) is 2.86. The zero-order valence-corrected chi connectivity index (χ0v) is 13.2. The molecule has 0 fully saturated rings. The number of carbonyl (C=O) groups excluding carboxylic acids is 1. The molecule has 128 valence electrons. The summed E-state index contributed by atoms with van der Waals surface area (Å²) in [7, 11) is -5.72. The van der Waals surface area contributed by atoms with Gasteiger partial charge in [0, 0.05) is 6.20 Å². The number of hydrogen-bond donors (Lipinski definition) is 1. The molecule has 1 atom stereocenters. The molecule has 1 unspecified atom stereocenters. The van der Waals surface area contributed by atoms with Crippen LogP contribution < -0.4 is 5.32 Å². The summed E-state index contributed by atoms with van der Waals surface area (Å²) in [5.74, 6) is -0.956. The van der Waals surface area contributed by atoms with Crippen molar-refractivity contribution in [2.45, 2.75) is 23.5 Å². The molecule has 24 heavy (non-hydrogen) atoms. The van der Waals surface area contributed by atoms with E-state index in [2.05, 4.69) is 10.3 Å². The van der Waals surface area contributed by atoms with Gasteiger partial charge >= 0.3 is 5.51 Å². The molecule has 1 aromatic heterocycles. The Morgan fingerprint density at radius 2 is 1.75 bits per heavy atom. The standard InChI is InChI=1S/C15H13F3N2O3S/c1-10(11-6-3-2-4-7-11)20-13(21)12-8-5-9-19-14(12)24(22,23)15(16,17)18/h2-10H,1H3,(H,20,21). The number of alkyl halides is 3. The molecule has 0 aliphatic carbocycles. The largest absolute Gasteiger partial charge is 0.503 e. The van der Waals surface area contributed by atoms with Crippen molar-refractivity contribution in [2.75, 3.05) is 0 Å². The third-order valence-electron chi connectivity index (χ3n) is 3.22. The number of nitrogens with one attached hydrogen (secondary N) is 1. The number of sulfone groups is 1. The summed E-state index contributed by atoms with van der Waals surface area (Å²) in [6, 6.07) is 10.3. The fraction of sp³-hybridized carbons (Fsp3) is 0.200.